The number of benzene rings is 4. The van der Waals surface area contributed by atoms with Crippen molar-refractivity contribution in [2.75, 3.05) is 0 Å². The molecule has 7 nitrogen and oxygen atoms in total. The van der Waals surface area contributed by atoms with Gasteiger partial charge in [-0.3, -0.25) is 0 Å². The molecule has 0 aromatic heterocycles. The second-order valence-electron chi connectivity index (χ2n) is 20.3. The number of carbonyl (C=O) groups is 1. The number of hydrogen-bond donors (Lipinski definition) is 0. The van der Waals surface area contributed by atoms with Crippen LogP contribution in [0.25, 0.3) is 0 Å². The molecule has 0 spiro atoms. The van der Waals surface area contributed by atoms with Crippen LogP contribution in [0.1, 0.15) is 88.0 Å². The molecule has 0 aliphatic carbocycles. The zero-order valence-corrected chi connectivity index (χ0v) is 42.9. The van der Waals surface area contributed by atoms with Crippen LogP contribution in [0.2, 0.25) is 28.2 Å². The maximum absolute atomic E-state index is 12.1. The van der Waals surface area contributed by atoms with Gasteiger partial charge in [0.25, 0.3) is 16.6 Å². The molecule has 3 saturated heterocycles. The lowest BCUT2D eigenvalue weighted by atomic mass is 9.88. The van der Waals surface area contributed by atoms with Gasteiger partial charge in [-0.25, -0.2) is 0 Å². The van der Waals surface area contributed by atoms with Crippen LogP contribution in [0.3, 0.4) is 0 Å². The van der Waals surface area contributed by atoms with Gasteiger partial charge in [0.2, 0.25) is 0 Å². The van der Waals surface area contributed by atoms with E-state index in [1.165, 1.54) is 20.7 Å². The number of aldehydes is 1. The van der Waals surface area contributed by atoms with Gasteiger partial charge in [0, 0.05) is 12.8 Å². The fraction of sp³-hybridized carbons (Fsp3) is 0.500. The van der Waals surface area contributed by atoms with Gasteiger partial charge in [0.15, 0.2) is 8.32 Å². The zero-order chi connectivity index (χ0) is 45.8. The molecule has 0 saturated carbocycles. The van der Waals surface area contributed by atoms with Gasteiger partial charge in [0.1, 0.15) is 36.8 Å². The molecule has 64 heavy (non-hydrogen) atoms. The Morgan fingerprint density at radius 2 is 1.03 bits per heavy atom. The molecule has 3 fully saturated rings. The van der Waals surface area contributed by atoms with Crippen LogP contribution >= 0.6 is 0 Å². The molecule has 10 heteroatoms. The van der Waals surface area contributed by atoms with E-state index in [0.717, 1.165) is 37.3 Å². The van der Waals surface area contributed by atoms with Crippen LogP contribution in [0.15, 0.2) is 134 Å². The van der Waals surface area contributed by atoms with E-state index in [-0.39, 0.29) is 28.4 Å². The van der Waals surface area contributed by atoms with Crippen molar-refractivity contribution in [3.63, 3.8) is 0 Å². The van der Waals surface area contributed by atoms with E-state index in [1.807, 2.05) is 6.08 Å². The first-order valence-electron chi connectivity index (χ1n) is 24.0. The predicted octanol–water partition coefficient (Wildman–Crippen LogP) is 9.51. The molecule has 7 rings (SSSR count). The Morgan fingerprint density at radius 3 is 1.42 bits per heavy atom. The number of hydrogen-bond acceptors (Lipinski definition) is 7. The minimum absolute atomic E-state index is 0.237. The summed E-state index contributed by atoms with van der Waals surface area (Å²) >= 11 is 0. The van der Waals surface area contributed by atoms with Crippen molar-refractivity contribution in [3.8, 4) is 0 Å². The Bertz CT molecular complexity index is 2000. The number of ether oxygens (including phenoxy) is 3. The van der Waals surface area contributed by atoms with Gasteiger partial charge in [-0.15, -0.1) is 6.58 Å². The first-order chi connectivity index (χ1) is 30.7. The normalized spacial score (nSPS) is 25.8. The van der Waals surface area contributed by atoms with E-state index in [2.05, 4.69) is 190 Å². The Balaban J connectivity index is 1.43. The summed E-state index contributed by atoms with van der Waals surface area (Å²) in [5.41, 5.74) is 0. The van der Waals surface area contributed by atoms with Crippen LogP contribution in [0.5, 0.6) is 0 Å². The summed E-state index contributed by atoms with van der Waals surface area (Å²) < 4.78 is 45.8. The minimum atomic E-state index is -3.18. The average Bonchev–Trinajstić information content (AvgIpc) is 3.64. The van der Waals surface area contributed by atoms with Crippen LogP contribution in [0, 0.1) is 0 Å². The van der Waals surface area contributed by atoms with Gasteiger partial charge in [-0.05, 0) is 61.8 Å². The molecule has 0 N–H and O–H groups in total. The van der Waals surface area contributed by atoms with E-state index in [0.29, 0.717) is 12.8 Å². The van der Waals surface area contributed by atoms with Crippen LogP contribution in [-0.2, 0) is 32.3 Å². The SMILES string of the molecule is C=CC(C[C@H]1O[C@H]2[C@@H](O[Si](c3ccccc3)(c3ccccc3)C(C)(C)C)[C@H]3OC(CC=O)CC[C@@H]3O[C@H]2[C@H]1O[Si](c1ccccc1)(c1ccccc1)C(C)(C)C)O[Si](CC)(CC)CC. The van der Waals surface area contributed by atoms with E-state index in [9.17, 15) is 4.79 Å². The molecule has 3 aliphatic rings. The molecule has 3 aliphatic heterocycles. The number of fused-ring (bicyclic) bond motifs is 2. The first-order valence-corrected chi connectivity index (χ1v) is 30.3. The van der Waals surface area contributed by atoms with Crippen molar-refractivity contribution in [3.05, 3.63) is 134 Å². The highest BCUT2D eigenvalue weighted by Crippen LogP contribution is 2.48. The lowest BCUT2D eigenvalue weighted by Gasteiger charge is -2.53. The first kappa shape index (κ1) is 48.6. The monoisotopic (exact) mass is 918 g/mol. The van der Waals surface area contributed by atoms with E-state index < -0.39 is 61.6 Å². The number of rotatable bonds is 18. The summed E-state index contributed by atoms with van der Waals surface area (Å²) in [7, 11) is -8.38. The summed E-state index contributed by atoms with van der Waals surface area (Å²) in [5, 5.41) is 4.17. The molecule has 4 aromatic carbocycles. The summed E-state index contributed by atoms with van der Waals surface area (Å²) in [6, 6.07) is 46.4. The van der Waals surface area contributed by atoms with Crippen molar-refractivity contribution < 1.29 is 32.3 Å². The fourth-order valence-corrected chi connectivity index (χ4v) is 23.4. The molecular formula is C54H74O7Si3. The summed E-state index contributed by atoms with van der Waals surface area (Å²) in [5.74, 6) is 0. The minimum Gasteiger partial charge on any atom is -0.410 e. The molecule has 0 bridgehead atoms. The number of carbonyl (C=O) groups excluding carboxylic acids is 1. The van der Waals surface area contributed by atoms with Gasteiger partial charge in [-0.2, -0.15) is 0 Å². The van der Waals surface area contributed by atoms with Crippen molar-refractivity contribution in [2.45, 2.75) is 171 Å². The molecule has 0 amide bonds. The van der Waals surface area contributed by atoms with E-state index >= 15 is 0 Å². The standard InChI is InChI=1S/C54H74O7Si3/c1-11-40(59-62(12-2,13-3)14-4)39-47-49(60-63(53(5,6)7,42-27-19-15-20-28-42)43-29-21-16-22-30-43)50-51(58-47)52(48-46(57-50)36-35-41(56-48)37-38-55)61-64(54(8,9)10,44-31-23-17-24-32-44)45-33-25-18-26-34-45/h11,15-34,38,40-41,46-52H,1,12-14,35-37,39H2,2-10H3/t40?,41?,46-,47+,48-,49-,50-,51+,52-/m0/s1. The highest BCUT2D eigenvalue weighted by atomic mass is 28.4. The van der Waals surface area contributed by atoms with Gasteiger partial charge >= 0.3 is 0 Å². The Morgan fingerprint density at radius 1 is 0.609 bits per heavy atom. The summed E-state index contributed by atoms with van der Waals surface area (Å²) in [6.45, 7) is 25.1. The second-order valence-corrected chi connectivity index (χ2v) is 33.6. The van der Waals surface area contributed by atoms with E-state index in [1.54, 1.807) is 0 Å². The Hall–Kier alpha value is -3.30. The zero-order valence-electron chi connectivity index (χ0n) is 39.9. The average molecular weight is 919 g/mol. The van der Waals surface area contributed by atoms with Gasteiger partial charge < -0.3 is 32.3 Å². The van der Waals surface area contributed by atoms with Crippen molar-refractivity contribution >= 4 is 52.0 Å². The van der Waals surface area contributed by atoms with Crippen molar-refractivity contribution in [2.24, 2.45) is 0 Å². The van der Waals surface area contributed by atoms with Crippen LogP contribution in [0.4, 0.5) is 0 Å². The quantitative estimate of drug-likeness (QED) is 0.0560. The molecule has 9 atom stereocenters. The molecule has 344 valence electrons. The largest absolute Gasteiger partial charge is 0.410 e. The van der Waals surface area contributed by atoms with Crippen molar-refractivity contribution in [1.82, 2.24) is 0 Å². The van der Waals surface area contributed by atoms with Gasteiger partial charge in [0.05, 0.1) is 24.4 Å². The Labute approximate surface area is 387 Å². The van der Waals surface area contributed by atoms with Crippen LogP contribution < -0.4 is 20.7 Å². The molecular weight excluding hydrogens is 845 g/mol. The fourth-order valence-electron chi connectivity index (χ4n) is 11.2. The Kier molecular flexibility index (Phi) is 15.4. The topological polar surface area (TPSA) is 72.5 Å². The molecule has 4 aromatic rings. The molecule has 0 radical (unpaired) electrons. The predicted molar refractivity (Wildman–Crippen MR) is 268 cm³/mol. The smallest absolute Gasteiger partial charge is 0.261 e. The van der Waals surface area contributed by atoms with Gasteiger partial charge in [-0.1, -0.05) is 190 Å². The lowest BCUT2D eigenvalue weighted by molar-refractivity contribution is -0.254. The second kappa shape index (κ2) is 20.3. The maximum Gasteiger partial charge on any atom is 0.261 e. The van der Waals surface area contributed by atoms with Crippen LogP contribution in [-0.4, -0.2) is 86.2 Å². The maximum atomic E-state index is 12.1. The lowest BCUT2D eigenvalue weighted by Crippen LogP contribution is -2.73. The summed E-state index contributed by atoms with van der Waals surface area (Å²) in [4.78, 5) is 12.1. The van der Waals surface area contributed by atoms with Crippen molar-refractivity contribution in [1.29, 1.82) is 0 Å². The molecule has 3 heterocycles. The highest BCUT2D eigenvalue weighted by Gasteiger charge is 2.64. The third-order valence-corrected chi connectivity index (χ3v) is 29.4. The molecule has 2 unspecified atom stereocenters. The highest BCUT2D eigenvalue weighted by molar-refractivity contribution is 7.00. The summed E-state index contributed by atoms with van der Waals surface area (Å²) in [6.07, 6.45) is 1.56. The third-order valence-electron chi connectivity index (χ3n) is 14.7. The van der Waals surface area contributed by atoms with E-state index in [4.69, 9.17) is 27.5 Å². The third kappa shape index (κ3) is 9.33.